The van der Waals surface area contributed by atoms with E-state index in [4.69, 9.17) is 5.73 Å². The Labute approximate surface area is 124 Å². The molecule has 0 aliphatic heterocycles. The van der Waals surface area contributed by atoms with Gasteiger partial charge in [0.05, 0.1) is 6.04 Å². The van der Waals surface area contributed by atoms with E-state index in [9.17, 15) is 4.79 Å². The predicted molar refractivity (Wildman–Crippen MR) is 82.6 cm³/mol. The minimum Gasteiger partial charge on any atom is -0.335 e. The number of hydrogen-bond acceptors (Lipinski definition) is 2. The Morgan fingerprint density at radius 2 is 1.95 bits per heavy atom. The molecule has 0 unspecified atom stereocenters. The molecule has 106 valence electrons. The number of carbonyl (C=O) groups is 1. The lowest BCUT2D eigenvalue weighted by Gasteiger charge is -2.30. The van der Waals surface area contributed by atoms with Gasteiger partial charge in [-0.3, -0.25) is 4.79 Å². The van der Waals surface area contributed by atoms with Gasteiger partial charge in [-0.05, 0) is 37.5 Å². The Morgan fingerprint density at radius 1 is 1.32 bits per heavy atom. The van der Waals surface area contributed by atoms with Crippen molar-refractivity contribution in [2.24, 2.45) is 11.7 Å². The van der Waals surface area contributed by atoms with Gasteiger partial charge in [-0.1, -0.05) is 41.9 Å². The molecule has 0 spiro atoms. The highest BCUT2D eigenvalue weighted by molar-refractivity contribution is 9.10. The Kier molecular flexibility index (Phi) is 6.01. The molecule has 1 aromatic carbocycles. The minimum absolute atomic E-state index is 0.0185. The van der Waals surface area contributed by atoms with Gasteiger partial charge in [0.1, 0.15) is 0 Å². The second-order valence-electron chi connectivity index (χ2n) is 5.46. The summed E-state index contributed by atoms with van der Waals surface area (Å²) in [6.45, 7) is 8.57. The zero-order valence-corrected chi connectivity index (χ0v) is 13.6. The number of hydrogen-bond donors (Lipinski definition) is 1. The average molecular weight is 327 g/mol. The Morgan fingerprint density at radius 3 is 2.42 bits per heavy atom. The van der Waals surface area contributed by atoms with Gasteiger partial charge in [0.15, 0.2) is 0 Å². The summed E-state index contributed by atoms with van der Waals surface area (Å²) < 4.78 is 1.02. The third kappa shape index (κ3) is 4.62. The van der Waals surface area contributed by atoms with E-state index in [-0.39, 0.29) is 17.9 Å². The number of benzene rings is 1. The molecule has 0 aliphatic rings. The number of halogens is 1. The highest BCUT2D eigenvalue weighted by Gasteiger charge is 2.25. The standard InChI is InChI=1S/C15H23BrN2O/c1-10(2)14(17)15(19)18(11(3)4)9-12-6-5-7-13(16)8-12/h5-8,10-11,14H,9,17H2,1-4H3/t14-/m0/s1. The molecule has 3 nitrogen and oxygen atoms in total. The predicted octanol–water partition coefficient (Wildman–Crippen LogP) is 3.17. The molecule has 1 atom stereocenters. The van der Waals surface area contributed by atoms with Gasteiger partial charge in [0.2, 0.25) is 5.91 Å². The maximum atomic E-state index is 12.4. The van der Waals surface area contributed by atoms with Gasteiger partial charge in [-0.25, -0.2) is 0 Å². The van der Waals surface area contributed by atoms with Crippen molar-refractivity contribution in [1.29, 1.82) is 0 Å². The lowest BCUT2D eigenvalue weighted by Crippen LogP contribution is -2.48. The van der Waals surface area contributed by atoms with Gasteiger partial charge in [0, 0.05) is 17.1 Å². The van der Waals surface area contributed by atoms with Crippen LogP contribution in [0, 0.1) is 5.92 Å². The third-order valence-electron chi connectivity index (χ3n) is 3.15. The van der Waals surface area contributed by atoms with Crippen LogP contribution in [0.4, 0.5) is 0 Å². The van der Waals surface area contributed by atoms with Crippen LogP contribution in [0.5, 0.6) is 0 Å². The van der Waals surface area contributed by atoms with Crippen LogP contribution in [0.15, 0.2) is 28.7 Å². The summed E-state index contributed by atoms with van der Waals surface area (Å²) in [4.78, 5) is 14.2. The van der Waals surface area contributed by atoms with Crippen LogP contribution >= 0.6 is 15.9 Å². The number of carbonyl (C=O) groups excluding carboxylic acids is 1. The van der Waals surface area contributed by atoms with E-state index in [0.29, 0.717) is 6.54 Å². The van der Waals surface area contributed by atoms with Crippen molar-refractivity contribution < 1.29 is 4.79 Å². The summed E-state index contributed by atoms with van der Waals surface area (Å²) in [5.41, 5.74) is 7.09. The molecule has 1 amide bonds. The molecule has 1 aromatic rings. The summed E-state index contributed by atoms with van der Waals surface area (Å²) in [5.74, 6) is 0.168. The lowest BCUT2D eigenvalue weighted by molar-refractivity contribution is -0.136. The Bertz CT molecular complexity index is 432. The molecule has 0 aliphatic carbocycles. The number of nitrogens with zero attached hydrogens (tertiary/aromatic N) is 1. The average Bonchev–Trinajstić information content (AvgIpc) is 2.33. The summed E-state index contributed by atoms with van der Waals surface area (Å²) in [5, 5.41) is 0. The largest absolute Gasteiger partial charge is 0.335 e. The van der Waals surface area contributed by atoms with Gasteiger partial charge >= 0.3 is 0 Å². The Hall–Kier alpha value is -0.870. The van der Waals surface area contributed by atoms with Crippen LogP contribution in [0.2, 0.25) is 0 Å². The maximum Gasteiger partial charge on any atom is 0.240 e. The van der Waals surface area contributed by atoms with E-state index in [1.165, 1.54) is 0 Å². The first kappa shape index (κ1) is 16.2. The first-order valence-corrected chi connectivity index (χ1v) is 7.42. The van der Waals surface area contributed by atoms with Crippen molar-refractivity contribution in [2.45, 2.75) is 46.3 Å². The van der Waals surface area contributed by atoms with Gasteiger partial charge in [-0.2, -0.15) is 0 Å². The fourth-order valence-electron chi connectivity index (χ4n) is 1.82. The molecule has 0 fully saturated rings. The molecular formula is C15H23BrN2O. The molecule has 0 heterocycles. The first-order chi connectivity index (χ1) is 8.82. The zero-order chi connectivity index (χ0) is 14.6. The summed E-state index contributed by atoms with van der Waals surface area (Å²) in [6.07, 6.45) is 0. The first-order valence-electron chi connectivity index (χ1n) is 6.63. The van der Waals surface area contributed by atoms with E-state index < -0.39 is 6.04 Å². The topological polar surface area (TPSA) is 46.3 Å². The van der Waals surface area contributed by atoms with Crippen molar-refractivity contribution in [3.8, 4) is 0 Å². The van der Waals surface area contributed by atoms with Crippen molar-refractivity contribution in [3.05, 3.63) is 34.3 Å². The van der Waals surface area contributed by atoms with E-state index >= 15 is 0 Å². The van der Waals surface area contributed by atoms with E-state index in [1.807, 2.05) is 56.9 Å². The SMILES string of the molecule is CC(C)[C@H](N)C(=O)N(Cc1cccc(Br)c1)C(C)C. The van der Waals surface area contributed by atoms with Crippen LogP contribution in [0.1, 0.15) is 33.3 Å². The highest BCUT2D eigenvalue weighted by Crippen LogP contribution is 2.16. The molecule has 0 aromatic heterocycles. The Balaban J connectivity index is 2.87. The minimum atomic E-state index is -0.436. The van der Waals surface area contributed by atoms with Crippen molar-refractivity contribution in [3.63, 3.8) is 0 Å². The molecule has 4 heteroatoms. The fourth-order valence-corrected chi connectivity index (χ4v) is 2.27. The fraction of sp³-hybridized carbons (Fsp3) is 0.533. The molecule has 1 rings (SSSR count). The molecule has 19 heavy (non-hydrogen) atoms. The van der Waals surface area contributed by atoms with Crippen LogP contribution < -0.4 is 5.73 Å². The van der Waals surface area contributed by atoms with Crippen molar-refractivity contribution in [1.82, 2.24) is 4.90 Å². The summed E-state index contributed by atoms with van der Waals surface area (Å²) in [6, 6.07) is 7.71. The highest BCUT2D eigenvalue weighted by atomic mass is 79.9. The normalized spacial score (nSPS) is 12.8. The third-order valence-corrected chi connectivity index (χ3v) is 3.65. The van der Waals surface area contributed by atoms with Crippen LogP contribution in [-0.2, 0) is 11.3 Å². The van der Waals surface area contributed by atoms with Gasteiger partial charge < -0.3 is 10.6 Å². The summed E-state index contributed by atoms with van der Waals surface area (Å²) in [7, 11) is 0. The monoisotopic (exact) mass is 326 g/mol. The quantitative estimate of drug-likeness (QED) is 0.903. The van der Waals surface area contributed by atoms with Gasteiger partial charge in [0.25, 0.3) is 0 Å². The van der Waals surface area contributed by atoms with Crippen LogP contribution in [0.3, 0.4) is 0 Å². The maximum absolute atomic E-state index is 12.4. The van der Waals surface area contributed by atoms with E-state index in [1.54, 1.807) is 0 Å². The number of rotatable bonds is 5. The smallest absolute Gasteiger partial charge is 0.240 e. The van der Waals surface area contributed by atoms with Crippen molar-refractivity contribution >= 4 is 21.8 Å². The second kappa shape index (κ2) is 7.06. The lowest BCUT2D eigenvalue weighted by atomic mass is 10.0. The van der Waals surface area contributed by atoms with Crippen LogP contribution in [-0.4, -0.2) is 22.9 Å². The number of nitrogens with two attached hydrogens (primary N) is 1. The van der Waals surface area contributed by atoms with E-state index in [0.717, 1.165) is 10.0 Å². The van der Waals surface area contributed by atoms with Gasteiger partial charge in [-0.15, -0.1) is 0 Å². The number of amides is 1. The van der Waals surface area contributed by atoms with E-state index in [2.05, 4.69) is 15.9 Å². The molecule has 0 saturated carbocycles. The molecule has 0 bridgehead atoms. The van der Waals surface area contributed by atoms with Crippen LogP contribution in [0.25, 0.3) is 0 Å². The molecule has 2 N–H and O–H groups in total. The zero-order valence-electron chi connectivity index (χ0n) is 12.1. The summed E-state index contributed by atoms with van der Waals surface area (Å²) >= 11 is 3.45. The second-order valence-corrected chi connectivity index (χ2v) is 6.38. The molecular weight excluding hydrogens is 304 g/mol. The molecule has 0 saturated heterocycles. The van der Waals surface area contributed by atoms with Crippen molar-refractivity contribution in [2.75, 3.05) is 0 Å². The molecule has 0 radical (unpaired) electrons.